The molecular formula is C12H15N3S. The van der Waals surface area contributed by atoms with E-state index in [4.69, 9.17) is 0 Å². The van der Waals surface area contributed by atoms with Gasteiger partial charge in [-0.2, -0.15) is 4.37 Å². The second kappa shape index (κ2) is 4.03. The topological polar surface area (TPSA) is 28.2 Å². The van der Waals surface area contributed by atoms with E-state index < -0.39 is 0 Å². The highest BCUT2D eigenvalue weighted by Crippen LogP contribution is 2.31. The van der Waals surface area contributed by atoms with E-state index in [1.54, 1.807) is 11.5 Å². The number of anilines is 1. The van der Waals surface area contributed by atoms with Crippen molar-refractivity contribution in [3.05, 3.63) is 24.3 Å². The number of rotatable bonds is 1. The summed E-state index contributed by atoms with van der Waals surface area (Å²) in [7, 11) is 0. The van der Waals surface area contributed by atoms with Crippen molar-refractivity contribution in [2.75, 3.05) is 24.5 Å². The lowest BCUT2D eigenvalue weighted by molar-refractivity contribution is 0.487. The van der Waals surface area contributed by atoms with Crippen LogP contribution in [0.3, 0.4) is 0 Å². The van der Waals surface area contributed by atoms with Crippen LogP contribution in [0, 0.1) is 0 Å². The average Bonchev–Trinajstić information content (AvgIpc) is 2.72. The molecule has 1 unspecified atom stereocenters. The van der Waals surface area contributed by atoms with Crippen LogP contribution in [0.25, 0.3) is 10.9 Å². The summed E-state index contributed by atoms with van der Waals surface area (Å²) in [4.78, 5) is 2.45. The van der Waals surface area contributed by atoms with Crippen LogP contribution >= 0.6 is 11.5 Å². The third kappa shape index (κ3) is 1.68. The van der Waals surface area contributed by atoms with Gasteiger partial charge in [-0.1, -0.05) is 12.1 Å². The van der Waals surface area contributed by atoms with Crippen molar-refractivity contribution in [1.29, 1.82) is 0 Å². The Hall–Kier alpha value is -1.13. The highest BCUT2D eigenvalue weighted by Gasteiger charge is 2.19. The van der Waals surface area contributed by atoms with Crippen molar-refractivity contribution in [3.8, 4) is 0 Å². The number of aromatic nitrogens is 1. The van der Waals surface area contributed by atoms with E-state index in [1.165, 1.54) is 10.4 Å². The second-order valence-electron chi connectivity index (χ2n) is 4.31. The fourth-order valence-electron chi connectivity index (χ4n) is 2.22. The first kappa shape index (κ1) is 10.1. The average molecular weight is 233 g/mol. The molecule has 1 aromatic heterocycles. The lowest BCUT2D eigenvalue weighted by Crippen LogP contribution is -2.49. The standard InChI is InChI=1S/C12H15N3S/c1-9-8-15(7-6-13-9)12-10-4-2-3-5-11(10)14-16-12/h2-5,9,13H,6-8H2,1H3. The van der Waals surface area contributed by atoms with Crippen molar-refractivity contribution in [2.24, 2.45) is 0 Å². The predicted octanol–water partition coefficient (Wildman–Crippen LogP) is 2.09. The number of nitrogens with one attached hydrogen (secondary N) is 1. The van der Waals surface area contributed by atoms with Gasteiger partial charge < -0.3 is 10.2 Å². The minimum Gasteiger partial charge on any atom is -0.359 e. The molecule has 1 aliphatic heterocycles. The number of hydrogen-bond donors (Lipinski definition) is 1. The van der Waals surface area contributed by atoms with Gasteiger partial charge in [0.1, 0.15) is 5.00 Å². The second-order valence-corrected chi connectivity index (χ2v) is 5.06. The first-order valence-electron chi connectivity index (χ1n) is 5.67. The monoisotopic (exact) mass is 233 g/mol. The molecule has 0 radical (unpaired) electrons. The molecule has 2 aromatic rings. The Kier molecular flexibility index (Phi) is 2.53. The van der Waals surface area contributed by atoms with E-state index in [1.807, 2.05) is 6.07 Å². The van der Waals surface area contributed by atoms with Crippen LogP contribution in [0.2, 0.25) is 0 Å². The van der Waals surface area contributed by atoms with E-state index in [0.717, 1.165) is 25.2 Å². The number of piperazine rings is 1. The molecule has 4 heteroatoms. The molecule has 16 heavy (non-hydrogen) atoms. The van der Waals surface area contributed by atoms with E-state index in [9.17, 15) is 0 Å². The zero-order chi connectivity index (χ0) is 11.0. The lowest BCUT2D eigenvalue weighted by Gasteiger charge is -2.32. The molecule has 1 N–H and O–H groups in total. The maximum Gasteiger partial charge on any atom is 0.120 e. The molecule has 0 spiro atoms. The third-order valence-corrected chi connectivity index (χ3v) is 3.96. The summed E-state index contributed by atoms with van der Waals surface area (Å²) in [6.45, 7) is 5.45. The Labute approximate surface area is 99.2 Å². The molecule has 0 bridgehead atoms. The SMILES string of the molecule is CC1CN(c2snc3ccccc23)CCN1. The first-order valence-corrected chi connectivity index (χ1v) is 6.44. The van der Waals surface area contributed by atoms with Gasteiger partial charge in [-0.3, -0.25) is 0 Å². The van der Waals surface area contributed by atoms with E-state index in [-0.39, 0.29) is 0 Å². The molecule has 2 heterocycles. The molecule has 3 nitrogen and oxygen atoms in total. The van der Waals surface area contributed by atoms with Crippen molar-refractivity contribution in [2.45, 2.75) is 13.0 Å². The third-order valence-electron chi connectivity index (χ3n) is 3.02. The number of hydrogen-bond acceptors (Lipinski definition) is 4. The molecule has 0 aliphatic carbocycles. The largest absolute Gasteiger partial charge is 0.359 e. The molecule has 1 atom stereocenters. The van der Waals surface area contributed by atoms with Gasteiger partial charge in [0, 0.05) is 31.1 Å². The Morgan fingerprint density at radius 3 is 3.19 bits per heavy atom. The van der Waals surface area contributed by atoms with Gasteiger partial charge >= 0.3 is 0 Å². The molecule has 1 fully saturated rings. The van der Waals surface area contributed by atoms with Crippen LogP contribution in [0.5, 0.6) is 0 Å². The van der Waals surface area contributed by atoms with Crippen LogP contribution < -0.4 is 10.2 Å². The zero-order valence-corrected chi connectivity index (χ0v) is 10.1. The number of benzene rings is 1. The van der Waals surface area contributed by atoms with Gasteiger partial charge in [-0.15, -0.1) is 0 Å². The van der Waals surface area contributed by atoms with Gasteiger partial charge in [-0.25, -0.2) is 0 Å². The molecule has 1 aromatic carbocycles. The lowest BCUT2D eigenvalue weighted by atomic mass is 10.2. The fraction of sp³-hybridized carbons (Fsp3) is 0.417. The highest BCUT2D eigenvalue weighted by molar-refractivity contribution is 7.11. The Bertz CT molecular complexity index is 494. The summed E-state index contributed by atoms with van der Waals surface area (Å²) in [6.07, 6.45) is 0. The molecule has 84 valence electrons. The van der Waals surface area contributed by atoms with Crippen LogP contribution in [-0.2, 0) is 0 Å². The quantitative estimate of drug-likeness (QED) is 0.817. The summed E-state index contributed by atoms with van der Waals surface area (Å²) in [5.74, 6) is 0. The van der Waals surface area contributed by atoms with Crippen LogP contribution in [0.1, 0.15) is 6.92 Å². The smallest absolute Gasteiger partial charge is 0.120 e. The van der Waals surface area contributed by atoms with E-state index in [0.29, 0.717) is 6.04 Å². The summed E-state index contributed by atoms with van der Waals surface area (Å²) < 4.78 is 4.50. The zero-order valence-electron chi connectivity index (χ0n) is 9.31. The van der Waals surface area contributed by atoms with Crippen molar-refractivity contribution in [1.82, 2.24) is 9.69 Å². The summed E-state index contributed by atoms with van der Waals surface area (Å²) in [5.41, 5.74) is 1.12. The van der Waals surface area contributed by atoms with Crippen molar-refractivity contribution < 1.29 is 0 Å². The van der Waals surface area contributed by atoms with E-state index >= 15 is 0 Å². The van der Waals surface area contributed by atoms with E-state index in [2.05, 4.69) is 39.7 Å². The summed E-state index contributed by atoms with van der Waals surface area (Å²) in [6, 6.07) is 8.95. The van der Waals surface area contributed by atoms with Gasteiger partial charge in [0.05, 0.1) is 5.52 Å². The number of nitrogens with zero attached hydrogens (tertiary/aromatic N) is 2. The number of fused-ring (bicyclic) bond motifs is 1. The summed E-state index contributed by atoms with van der Waals surface area (Å²) in [5, 5.41) is 6.08. The van der Waals surface area contributed by atoms with Crippen LogP contribution in [-0.4, -0.2) is 30.0 Å². The molecule has 1 saturated heterocycles. The van der Waals surface area contributed by atoms with Crippen LogP contribution in [0.15, 0.2) is 24.3 Å². The maximum absolute atomic E-state index is 4.50. The minimum atomic E-state index is 0.564. The minimum absolute atomic E-state index is 0.564. The molecule has 3 rings (SSSR count). The normalized spacial score (nSPS) is 21.6. The highest BCUT2D eigenvalue weighted by atomic mass is 32.1. The van der Waals surface area contributed by atoms with Crippen molar-refractivity contribution in [3.63, 3.8) is 0 Å². The maximum atomic E-state index is 4.50. The Morgan fingerprint density at radius 1 is 1.44 bits per heavy atom. The van der Waals surface area contributed by atoms with Gasteiger partial charge in [0.2, 0.25) is 0 Å². The summed E-state index contributed by atoms with van der Waals surface area (Å²) >= 11 is 1.62. The molecule has 0 saturated carbocycles. The fourth-order valence-corrected chi connectivity index (χ4v) is 3.12. The first-order chi connectivity index (χ1) is 7.84. The Morgan fingerprint density at radius 2 is 2.31 bits per heavy atom. The molecule has 1 aliphatic rings. The molecule has 0 amide bonds. The van der Waals surface area contributed by atoms with Gasteiger partial charge in [0.25, 0.3) is 0 Å². The van der Waals surface area contributed by atoms with Crippen LogP contribution in [0.4, 0.5) is 5.00 Å². The van der Waals surface area contributed by atoms with Gasteiger partial charge in [0.15, 0.2) is 0 Å². The van der Waals surface area contributed by atoms with Crippen molar-refractivity contribution >= 4 is 27.4 Å². The van der Waals surface area contributed by atoms with Gasteiger partial charge in [-0.05, 0) is 30.6 Å². The molecular weight excluding hydrogens is 218 g/mol. The Balaban J connectivity index is 1.99. The predicted molar refractivity (Wildman–Crippen MR) is 69.3 cm³/mol.